The zero-order valence-corrected chi connectivity index (χ0v) is 16.5. The van der Waals surface area contributed by atoms with Crippen LogP contribution in [-0.4, -0.2) is 18.7 Å². The van der Waals surface area contributed by atoms with E-state index >= 15 is 0 Å². The Morgan fingerprint density at radius 2 is 1.96 bits per heavy atom. The molecule has 146 valence electrons. The quantitative estimate of drug-likeness (QED) is 0.401. The maximum Gasteiger partial charge on any atom is 0.347 e. The van der Waals surface area contributed by atoms with Crippen LogP contribution < -0.4 is 10.2 Å². The molecule has 1 unspecified atom stereocenters. The summed E-state index contributed by atoms with van der Waals surface area (Å²) in [5, 5.41) is 0.882. The second-order valence-corrected chi connectivity index (χ2v) is 6.80. The Balaban J connectivity index is 1.83. The lowest BCUT2D eigenvalue weighted by Gasteiger charge is -2.14. The van der Waals surface area contributed by atoms with Crippen molar-refractivity contribution in [3.8, 4) is 16.9 Å². The molecule has 0 amide bonds. The van der Waals surface area contributed by atoms with Gasteiger partial charge in [-0.3, -0.25) is 4.79 Å². The van der Waals surface area contributed by atoms with Gasteiger partial charge >= 0.3 is 5.97 Å². The predicted molar refractivity (Wildman–Crippen MR) is 109 cm³/mol. The first-order valence-electron chi connectivity index (χ1n) is 9.15. The van der Waals surface area contributed by atoms with E-state index in [1.165, 1.54) is 6.26 Å². The lowest BCUT2D eigenvalue weighted by molar-refractivity contribution is -0.151. The van der Waals surface area contributed by atoms with Crippen molar-refractivity contribution >= 4 is 28.5 Å². The van der Waals surface area contributed by atoms with E-state index in [-0.39, 0.29) is 5.43 Å². The summed E-state index contributed by atoms with van der Waals surface area (Å²) in [7, 11) is 0. The third-order valence-electron chi connectivity index (χ3n) is 4.30. The molecule has 0 radical (unpaired) electrons. The molecule has 0 aliphatic heterocycles. The highest BCUT2D eigenvalue weighted by Gasteiger charge is 2.17. The van der Waals surface area contributed by atoms with Gasteiger partial charge in [0.25, 0.3) is 0 Å². The number of carbonyl (C=O) groups is 1. The summed E-state index contributed by atoms with van der Waals surface area (Å²) < 4.78 is 16.4. The van der Waals surface area contributed by atoms with Gasteiger partial charge in [-0.05, 0) is 31.5 Å². The second kappa shape index (κ2) is 8.93. The number of hydrogen-bond donors (Lipinski definition) is 0. The van der Waals surface area contributed by atoms with Crippen LogP contribution in [0, 0.1) is 0 Å². The zero-order chi connectivity index (χ0) is 20.1. The topological polar surface area (TPSA) is 65.7 Å². The Kier molecular flexibility index (Phi) is 6.37. The summed E-state index contributed by atoms with van der Waals surface area (Å²) in [6.07, 6.45) is 2.39. The molecule has 0 saturated heterocycles. The van der Waals surface area contributed by atoms with E-state index in [9.17, 15) is 9.59 Å². The molecule has 0 bridgehead atoms. The molecule has 1 atom stereocenters. The van der Waals surface area contributed by atoms with Crippen molar-refractivity contribution in [2.45, 2.75) is 32.8 Å². The van der Waals surface area contributed by atoms with E-state index in [2.05, 4.69) is 0 Å². The molecular weight excluding hydrogens is 380 g/mol. The lowest BCUT2D eigenvalue weighted by atomic mass is 10.1. The van der Waals surface area contributed by atoms with Gasteiger partial charge < -0.3 is 13.9 Å². The Labute approximate surface area is 167 Å². The van der Waals surface area contributed by atoms with Gasteiger partial charge in [-0.15, -0.1) is 0 Å². The van der Waals surface area contributed by atoms with Gasteiger partial charge in [-0.2, -0.15) is 0 Å². The number of esters is 1. The van der Waals surface area contributed by atoms with E-state index in [4.69, 9.17) is 25.5 Å². The summed E-state index contributed by atoms with van der Waals surface area (Å²) in [5.41, 5.74) is 1.18. The molecule has 0 aliphatic rings. The minimum atomic E-state index is -0.761. The van der Waals surface area contributed by atoms with Crippen LogP contribution >= 0.6 is 11.6 Å². The second-order valence-electron chi connectivity index (χ2n) is 6.40. The van der Waals surface area contributed by atoms with Crippen molar-refractivity contribution in [2.75, 3.05) is 6.61 Å². The van der Waals surface area contributed by atoms with Crippen molar-refractivity contribution in [2.24, 2.45) is 0 Å². The average Bonchev–Trinajstić information content (AvgIpc) is 2.69. The maximum atomic E-state index is 12.8. The van der Waals surface area contributed by atoms with Crippen LogP contribution in [-0.2, 0) is 9.53 Å². The van der Waals surface area contributed by atoms with Gasteiger partial charge in [0.2, 0.25) is 5.43 Å². The smallest absolute Gasteiger partial charge is 0.347 e. The molecule has 0 fully saturated rings. The number of hydrogen-bond acceptors (Lipinski definition) is 5. The zero-order valence-electron chi connectivity index (χ0n) is 15.7. The van der Waals surface area contributed by atoms with E-state index in [1.54, 1.807) is 43.3 Å². The van der Waals surface area contributed by atoms with E-state index < -0.39 is 12.1 Å². The number of fused-ring (bicyclic) bond motifs is 1. The number of unbranched alkanes of at least 4 members (excludes halogenated alkanes) is 1. The van der Waals surface area contributed by atoms with E-state index in [0.29, 0.717) is 39.5 Å². The summed E-state index contributed by atoms with van der Waals surface area (Å²) in [6, 6.07) is 11.9. The molecule has 0 saturated carbocycles. The fraction of sp³-hybridized carbons (Fsp3) is 0.273. The third kappa shape index (κ3) is 4.37. The summed E-state index contributed by atoms with van der Waals surface area (Å²) >= 11 is 6.20. The van der Waals surface area contributed by atoms with Crippen LogP contribution in [0.3, 0.4) is 0 Å². The average molecular weight is 401 g/mol. The number of rotatable bonds is 7. The Morgan fingerprint density at radius 1 is 1.18 bits per heavy atom. The molecule has 2 aromatic carbocycles. The van der Waals surface area contributed by atoms with Gasteiger partial charge in [-0.25, -0.2) is 4.79 Å². The largest absolute Gasteiger partial charge is 0.479 e. The molecular formula is C22H21ClO5. The van der Waals surface area contributed by atoms with Crippen LogP contribution in [0.2, 0.25) is 5.02 Å². The molecule has 28 heavy (non-hydrogen) atoms. The summed E-state index contributed by atoms with van der Waals surface area (Å²) in [6.45, 7) is 4.02. The molecule has 0 aliphatic carbocycles. The monoisotopic (exact) mass is 400 g/mol. The van der Waals surface area contributed by atoms with Crippen LogP contribution in [0.1, 0.15) is 26.7 Å². The third-order valence-corrected chi connectivity index (χ3v) is 4.63. The van der Waals surface area contributed by atoms with Crippen molar-refractivity contribution in [1.82, 2.24) is 0 Å². The highest BCUT2D eigenvalue weighted by Crippen LogP contribution is 2.28. The SMILES string of the molecule is CCCCOC(=O)C(C)Oc1ccc2c(=O)c(-c3ccccc3Cl)coc2c1. The minimum Gasteiger partial charge on any atom is -0.479 e. The van der Waals surface area contributed by atoms with Gasteiger partial charge in [-0.1, -0.05) is 43.1 Å². The first kappa shape index (κ1) is 20.0. The number of ether oxygens (including phenoxy) is 2. The molecule has 0 spiro atoms. The van der Waals surface area contributed by atoms with Crippen LogP contribution in [0.25, 0.3) is 22.1 Å². The van der Waals surface area contributed by atoms with Crippen LogP contribution in [0.5, 0.6) is 5.75 Å². The first-order valence-corrected chi connectivity index (χ1v) is 9.52. The van der Waals surface area contributed by atoms with Gasteiger partial charge in [0.15, 0.2) is 6.10 Å². The number of benzene rings is 2. The molecule has 5 nitrogen and oxygen atoms in total. The van der Waals surface area contributed by atoms with Gasteiger partial charge in [0, 0.05) is 16.7 Å². The molecule has 3 aromatic rings. The Morgan fingerprint density at radius 3 is 2.71 bits per heavy atom. The lowest BCUT2D eigenvalue weighted by Crippen LogP contribution is -2.26. The maximum absolute atomic E-state index is 12.8. The van der Waals surface area contributed by atoms with Crippen molar-refractivity contribution in [3.63, 3.8) is 0 Å². The Hall–Kier alpha value is -2.79. The van der Waals surface area contributed by atoms with Gasteiger partial charge in [0.1, 0.15) is 17.6 Å². The van der Waals surface area contributed by atoms with Gasteiger partial charge in [0.05, 0.1) is 17.6 Å². The van der Waals surface area contributed by atoms with Crippen LogP contribution in [0.15, 0.2) is 57.9 Å². The summed E-state index contributed by atoms with van der Waals surface area (Å²) in [4.78, 5) is 24.8. The molecule has 6 heteroatoms. The molecule has 3 rings (SSSR count). The highest BCUT2D eigenvalue weighted by atomic mass is 35.5. The molecule has 0 N–H and O–H groups in total. The van der Waals surface area contributed by atoms with Crippen molar-refractivity contribution in [1.29, 1.82) is 0 Å². The summed E-state index contributed by atoms with van der Waals surface area (Å²) in [5.74, 6) is -0.00912. The number of carbonyl (C=O) groups excluding carboxylic acids is 1. The Bertz CT molecular complexity index is 1040. The number of halogens is 1. The molecule has 1 aromatic heterocycles. The predicted octanol–water partition coefficient (Wildman–Crippen LogP) is 5.22. The fourth-order valence-electron chi connectivity index (χ4n) is 2.73. The standard InChI is InChI=1S/C22H21ClO5/c1-3-4-11-26-22(25)14(2)28-15-9-10-17-20(12-15)27-13-18(21(17)24)16-7-5-6-8-19(16)23/h5-10,12-14H,3-4,11H2,1-2H3. The van der Waals surface area contributed by atoms with E-state index in [0.717, 1.165) is 12.8 Å². The van der Waals surface area contributed by atoms with Crippen molar-refractivity contribution in [3.05, 3.63) is 64.0 Å². The van der Waals surface area contributed by atoms with E-state index in [1.807, 2.05) is 13.0 Å². The first-order chi connectivity index (χ1) is 13.5. The minimum absolute atomic E-state index is 0.187. The normalized spacial score (nSPS) is 12.0. The van der Waals surface area contributed by atoms with Crippen LogP contribution in [0.4, 0.5) is 0 Å². The highest BCUT2D eigenvalue weighted by molar-refractivity contribution is 6.33. The fourth-order valence-corrected chi connectivity index (χ4v) is 2.97. The van der Waals surface area contributed by atoms with Crippen molar-refractivity contribution < 1.29 is 18.7 Å². The molecule has 1 heterocycles.